The highest BCUT2D eigenvalue weighted by atomic mass is 16.5. The first kappa shape index (κ1) is 19.2. The van der Waals surface area contributed by atoms with Crippen LogP contribution in [0.15, 0.2) is 42.5 Å². The summed E-state index contributed by atoms with van der Waals surface area (Å²) in [4.78, 5) is 15.2. The number of ether oxygens (including phenoxy) is 3. The maximum atomic E-state index is 13.3. The van der Waals surface area contributed by atoms with E-state index in [2.05, 4.69) is 31.2 Å². The third-order valence-electron chi connectivity index (χ3n) is 5.04. The molecular weight excluding hydrogens is 342 g/mol. The summed E-state index contributed by atoms with van der Waals surface area (Å²) in [6.07, 6.45) is -0.136. The van der Waals surface area contributed by atoms with Crippen LogP contribution in [0.25, 0.3) is 0 Å². The van der Waals surface area contributed by atoms with E-state index < -0.39 is 5.54 Å². The van der Waals surface area contributed by atoms with Gasteiger partial charge in [-0.25, -0.2) is 0 Å². The number of methoxy groups -OCH3 is 2. The number of hydrogen-bond donors (Lipinski definition) is 0. The molecule has 0 aliphatic carbocycles. The topological polar surface area (TPSA) is 48.0 Å². The zero-order valence-corrected chi connectivity index (χ0v) is 16.6. The lowest BCUT2D eigenvalue weighted by atomic mass is 9.96. The van der Waals surface area contributed by atoms with Gasteiger partial charge < -0.3 is 19.1 Å². The molecule has 1 aliphatic rings. The average molecular weight is 369 g/mol. The second kappa shape index (κ2) is 7.61. The normalized spacial score (nSPS) is 18.9. The molecule has 1 atom stereocenters. The van der Waals surface area contributed by atoms with Crippen LogP contribution in [0.5, 0.6) is 11.5 Å². The number of hydrogen-bond acceptors (Lipinski definition) is 4. The largest absolute Gasteiger partial charge is 0.493 e. The van der Waals surface area contributed by atoms with Gasteiger partial charge in [0.15, 0.2) is 11.5 Å². The molecule has 144 valence electrons. The number of benzene rings is 2. The standard InChI is InChI=1S/C22H27NO4/c1-15-6-8-16(9-7-15)20-13-23(22(2,3)14-27-20)21(24)17-10-11-18(25-4)19(12-17)26-5/h6-12,20H,13-14H2,1-5H3. The van der Waals surface area contributed by atoms with Crippen molar-refractivity contribution in [2.75, 3.05) is 27.4 Å². The number of aryl methyl sites for hydroxylation is 1. The second-order valence-electron chi connectivity index (χ2n) is 7.51. The van der Waals surface area contributed by atoms with Crippen LogP contribution in [0, 0.1) is 6.92 Å². The lowest BCUT2D eigenvalue weighted by Crippen LogP contribution is -2.56. The molecule has 1 heterocycles. The van der Waals surface area contributed by atoms with Gasteiger partial charge in [-0.1, -0.05) is 29.8 Å². The summed E-state index contributed by atoms with van der Waals surface area (Å²) < 4.78 is 16.7. The Morgan fingerprint density at radius 3 is 2.37 bits per heavy atom. The minimum atomic E-state index is -0.397. The smallest absolute Gasteiger partial charge is 0.254 e. The quantitative estimate of drug-likeness (QED) is 0.817. The zero-order chi connectivity index (χ0) is 19.6. The van der Waals surface area contributed by atoms with Gasteiger partial charge >= 0.3 is 0 Å². The minimum Gasteiger partial charge on any atom is -0.493 e. The number of carbonyl (C=O) groups excluding carboxylic acids is 1. The van der Waals surface area contributed by atoms with E-state index in [4.69, 9.17) is 14.2 Å². The van der Waals surface area contributed by atoms with Crippen LogP contribution < -0.4 is 9.47 Å². The third-order valence-corrected chi connectivity index (χ3v) is 5.04. The van der Waals surface area contributed by atoms with Crippen LogP contribution in [0.3, 0.4) is 0 Å². The Bertz CT molecular complexity index is 814. The number of carbonyl (C=O) groups is 1. The van der Waals surface area contributed by atoms with Crippen molar-refractivity contribution in [2.45, 2.75) is 32.4 Å². The first-order valence-electron chi connectivity index (χ1n) is 9.08. The Labute approximate surface area is 160 Å². The highest BCUT2D eigenvalue weighted by Gasteiger charge is 2.39. The highest BCUT2D eigenvalue weighted by Crippen LogP contribution is 2.33. The van der Waals surface area contributed by atoms with Gasteiger partial charge in [0.25, 0.3) is 5.91 Å². The van der Waals surface area contributed by atoms with Crippen molar-refractivity contribution in [1.29, 1.82) is 0 Å². The predicted octanol–water partition coefficient (Wildman–Crippen LogP) is 4.00. The molecule has 0 N–H and O–H groups in total. The number of morpholine rings is 1. The lowest BCUT2D eigenvalue weighted by molar-refractivity contribution is -0.0846. The van der Waals surface area contributed by atoms with Crippen LogP contribution in [0.4, 0.5) is 0 Å². The molecule has 0 spiro atoms. The van der Waals surface area contributed by atoms with Gasteiger partial charge in [0.05, 0.1) is 32.9 Å². The van der Waals surface area contributed by atoms with Crippen LogP contribution in [-0.2, 0) is 4.74 Å². The van der Waals surface area contributed by atoms with Crippen molar-refractivity contribution >= 4 is 5.91 Å². The number of amides is 1. The Kier molecular flexibility index (Phi) is 5.42. The molecule has 1 fully saturated rings. The minimum absolute atomic E-state index is 0.0404. The maximum absolute atomic E-state index is 13.3. The lowest BCUT2D eigenvalue weighted by Gasteiger charge is -2.45. The Balaban J connectivity index is 1.87. The molecule has 5 nitrogen and oxygen atoms in total. The Hall–Kier alpha value is -2.53. The number of nitrogens with zero attached hydrogens (tertiary/aromatic N) is 1. The summed E-state index contributed by atoms with van der Waals surface area (Å²) in [7, 11) is 3.15. The summed E-state index contributed by atoms with van der Waals surface area (Å²) in [5.74, 6) is 1.11. The van der Waals surface area contributed by atoms with E-state index in [9.17, 15) is 4.79 Å². The van der Waals surface area contributed by atoms with Gasteiger partial charge in [0.1, 0.15) is 6.10 Å². The van der Waals surface area contributed by atoms with E-state index >= 15 is 0 Å². The predicted molar refractivity (Wildman–Crippen MR) is 105 cm³/mol. The van der Waals surface area contributed by atoms with Gasteiger partial charge in [-0.05, 0) is 44.5 Å². The van der Waals surface area contributed by atoms with E-state index in [1.54, 1.807) is 32.4 Å². The first-order chi connectivity index (χ1) is 12.9. The van der Waals surface area contributed by atoms with Crippen molar-refractivity contribution in [3.05, 3.63) is 59.2 Å². The van der Waals surface area contributed by atoms with E-state index in [0.717, 1.165) is 5.56 Å². The van der Waals surface area contributed by atoms with Crippen LogP contribution in [-0.4, -0.2) is 43.7 Å². The highest BCUT2D eigenvalue weighted by molar-refractivity contribution is 5.95. The fraction of sp³-hybridized carbons (Fsp3) is 0.409. The van der Waals surface area contributed by atoms with Crippen LogP contribution >= 0.6 is 0 Å². The Morgan fingerprint density at radius 1 is 1.07 bits per heavy atom. The third kappa shape index (κ3) is 3.93. The van der Waals surface area contributed by atoms with Crippen molar-refractivity contribution in [1.82, 2.24) is 4.90 Å². The summed E-state index contributed by atoms with van der Waals surface area (Å²) in [5.41, 5.74) is 2.46. The van der Waals surface area contributed by atoms with Crippen molar-refractivity contribution in [3.63, 3.8) is 0 Å². The molecule has 1 unspecified atom stereocenters. The molecule has 27 heavy (non-hydrogen) atoms. The van der Waals surface area contributed by atoms with Gasteiger partial charge in [0, 0.05) is 5.56 Å². The molecule has 0 aromatic heterocycles. The molecule has 1 amide bonds. The van der Waals surface area contributed by atoms with Crippen molar-refractivity contribution in [3.8, 4) is 11.5 Å². The molecule has 5 heteroatoms. The van der Waals surface area contributed by atoms with E-state index in [1.807, 2.05) is 18.7 Å². The van der Waals surface area contributed by atoms with E-state index in [0.29, 0.717) is 30.2 Å². The molecule has 3 rings (SSSR count). The molecule has 0 saturated carbocycles. The Morgan fingerprint density at radius 2 is 1.74 bits per heavy atom. The van der Waals surface area contributed by atoms with Gasteiger partial charge in [-0.3, -0.25) is 4.79 Å². The summed E-state index contributed by atoms with van der Waals surface area (Å²) in [6.45, 7) is 7.09. The molecule has 1 saturated heterocycles. The average Bonchev–Trinajstić information content (AvgIpc) is 2.67. The second-order valence-corrected chi connectivity index (χ2v) is 7.51. The SMILES string of the molecule is COc1ccc(C(=O)N2CC(c3ccc(C)cc3)OCC2(C)C)cc1OC. The zero-order valence-electron chi connectivity index (χ0n) is 16.6. The van der Waals surface area contributed by atoms with E-state index in [-0.39, 0.29) is 12.0 Å². The van der Waals surface area contributed by atoms with Gasteiger partial charge in [-0.2, -0.15) is 0 Å². The summed E-state index contributed by atoms with van der Waals surface area (Å²) >= 11 is 0. The molecule has 0 bridgehead atoms. The molecule has 0 radical (unpaired) electrons. The monoisotopic (exact) mass is 369 g/mol. The number of rotatable bonds is 4. The van der Waals surface area contributed by atoms with Crippen LogP contribution in [0.2, 0.25) is 0 Å². The summed E-state index contributed by atoms with van der Waals surface area (Å²) in [6, 6.07) is 13.5. The first-order valence-corrected chi connectivity index (χ1v) is 9.08. The fourth-order valence-electron chi connectivity index (χ4n) is 3.31. The van der Waals surface area contributed by atoms with Crippen LogP contribution in [0.1, 0.15) is 41.4 Å². The maximum Gasteiger partial charge on any atom is 0.254 e. The van der Waals surface area contributed by atoms with E-state index in [1.165, 1.54) is 5.56 Å². The van der Waals surface area contributed by atoms with Gasteiger partial charge in [-0.15, -0.1) is 0 Å². The molecule has 2 aromatic carbocycles. The molecular formula is C22H27NO4. The molecule has 2 aromatic rings. The summed E-state index contributed by atoms with van der Waals surface area (Å²) in [5, 5.41) is 0. The fourth-order valence-corrected chi connectivity index (χ4v) is 3.31. The molecule has 1 aliphatic heterocycles. The van der Waals surface area contributed by atoms with Crippen molar-refractivity contribution in [2.24, 2.45) is 0 Å². The van der Waals surface area contributed by atoms with Gasteiger partial charge in [0.2, 0.25) is 0 Å². The van der Waals surface area contributed by atoms with Crippen molar-refractivity contribution < 1.29 is 19.0 Å².